The highest BCUT2D eigenvalue weighted by molar-refractivity contribution is 5.26. The Morgan fingerprint density at radius 1 is 1.28 bits per heavy atom. The number of hydrogen-bond donors (Lipinski definition) is 1. The predicted octanol–water partition coefficient (Wildman–Crippen LogP) is 4.11. The lowest BCUT2D eigenvalue weighted by Gasteiger charge is -2.38. The SMILES string of the molecule is Cc1cccc(C2CC(C(C)C)CCC2CN)c1. The minimum Gasteiger partial charge on any atom is -0.330 e. The van der Waals surface area contributed by atoms with E-state index in [1.54, 1.807) is 0 Å². The topological polar surface area (TPSA) is 26.0 Å². The summed E-state index contributed by atoms with van der Waals surface area (Å²) in [6.07, 6.45) is 3.99. The highest BCUT2D eigenvalue weighted by Crippen LogP contribution is 2.42. The Morgan fingerprint density at radius 2 is 2.06 bits per heavy atom. The predicted molar refractivity (Wildman–Crippen MR) is 78.6 cm³/mol. The van der Waals surface area contributed by atoms with Gasteiger partial charge in [0.15, 0.2) is 0 Å². The van der Waals surface area contributed by atoms with Crippen molar-refractivity contribution in [1.82, 2.24) is 0 Å². The van der Waals surface area contributed by atoms with Crippen LogP contribution in [0.2, 0.25) is 0 Å². The van der Waals surface area contributed by atoms with Gasteiger partial charge < -0.3 is 5.73 Å². The van der Waals surface area contributed by atoms with Crippen molar-refractivity contribution in [1.29, 1.82) is 0 Å². The van der Waals surface area contributed by atoms with Gasteiger partial charge in [-0.1, -0.05) is 43.7 Å². The fourth-order valence-corrected chi connectivity index (χ4v) is 3.46. The zero-order valence-corrected chi connectivity index (χ0v) is 12.0. The van der Waals surface area contributed by atoms with E-state index in [0.717, 1.165) is 18.4 Å². The van der Waals surface area contributed by atoms with E-state index in [2.05, 4.69) is 45.0 Å². The summed E-state index contributed by atoms with van der Waals surface area (Å²) in [5, 5.41) is 0. The molecule has 0 bridgehead atoms. The highest BCUT2D eigenvalue weighted by Gasteiger charge is 2.31. The number of aryl methyl sites for hydroxylation is 1. The summed E-state index contributed by atoms with van der Waals surface area (Å²) in [4.78, 5) is 0. The van der Waals surface area contributed by atoms with Gasteiger partial charge >= 0.3 is 0 Å². The first kappa shape index (κ1) is 13.6. The second-order valence-electron chi connectivity index (χ2n) is 6.33. The minimum absolute atomic E-state index is 0.677. The fraction of sp³-hybridized carbons (Fsp3) is 0.647. The maximum atomic E-state index is 5.99. The number of nitrogens with two attached hydrogens (primary N) is 1. The molecule has 1 aliphatic rings. The average Bonchev–Trinajstić information content (AvgIpc) is 2.38. The van der Waals surface area contributed by atoms with E-state index < -0.39 is 0 Å². The Labute approximate surface area is 112 Å². The summed E-state index contributed by atoms with van der Waals surface area (Å²) < 4.78 is 0. The smallest absolute Gasteiger partial charge is 0.00430 e. The lowest BCUT2D eigenvalue weighted by atomic mass is 9.68. The molecule has 1 aromatic rings. The van der Waals surface area contributed by atoms with Gasteiger partial charge in [0.1, 0.15) is 0 Å². The Morgan fingerprint density at radius 3 is 2.67 bits per heavy atom. The molecule has 3 atom stereocenters. The zero-order chi connectivity index (χ0) is 13.1. The molecule has 100 valence electrons. The lowest BCUT2D eigenvalue weighted by Crippen LogP contribution is -2.30. The van der Waals surface area contributed by atoms with Crippen molar-refractivity contribution in [2.45, 2.75) is 46.0 Å². The molecule has 0 saturated heterocycles. The lowest BCUT2D eigenvalue weighted by molar-refractivity contribution is 0.197. The van der Waals surface area contributed by atoms with Gasteiger partial charge in [0.05, 0.1) is 0 Å². The zero-order valence-electron chi connectivity index (χ0n) is 12.0. The first-order valence-corrected chi connectivity index (χ1v) is 7.38. The number of rotatable bonds is 3. The molecule has 1 heteroatoms. The molecular formula is C17H27N. The van der Waals surface area contributed by atoms with Crippen LogP contribution in [0, 0.1) is 24.7 Å². The van der Waals surface area contributed by atoms with Crippen LogP contribution in [0.5, 0.6) is 0 Å². The van der Waals surface area contributed by atoms with Crippen molar-refractivity contribution in [3.63, 3.8) is 0 Å². The molecule has 0 radical (unpaired) electrons. The van der Waals surface area contributed by atoms with Gasteiger partial charge in [0, 0.05) is 0 Å². The Balaban J connectivity index is 2.20. The summed E-state index contributed by atoms with van der Waals surface area (Å²) in [6.45, 7) is 7.74. The van der Waals surface area contributed by atoms with Gasteiger partial charge in [0.25, 0.3) is 0 Å². The van der Waals surface area contributed by atoms with Crippen molar-refractivity contribution >= 4 is 0 Å². The molecular weight excluding hydrogens is 218 g/mol. The molecule has 1 aromatic carbocycles. The molecule has 2 N–H and O–H groups in total. The molecule has 0 aliphatic heterocycles. The first-order valence-electron chi connectivity index (χ1n) is 7.38. The second-order valence-corrected chi connectivity index (χ2v) is 6.33. The van der Waals surface area contributed by atoms with Crippen molar-refractivity contribution in [3.05, 3.63) is 35.4 Å². The Hall–Kier alpha value is -0.820. The summed E-state index contributed by atoms with van der Waals surface area (Å²) in [5.74, 6) is 3.03. The van der Waals surface area contributed by atoms with Crippen LogP contribution in [0.25, 0.3) is 0 Å². The average molecular weight is 245 g/mol. The van der Waals surface area contributed by atoms with Gasteiger partial charge in [-0.25, -0.2) is 0 Å². The van der Waals surface area contributed by atoms with Gasteiger partial charge in [-0.2, -0.15) is 0 Å². The van der Waals surface area contributed by atoms with Crippen LogP contribution < -0.4 is 5.73 Å². The molecule has 0 amide bonds. The molecule has 2 rings (SSSR count). The molecule has 3 unspecified atom stereocenters. The standard InChI is InChI=1S/C17H27N/c1-12(2)14-7-8-16(11-18)17(10-14)15-6-4-5-13(3)9-15/h4-6,9,12,14,16-17H,7-8,10-11,18H2,1-3H3. The summed E-state index contributed by atoms with van der Waals surface area (Å²) in [7, 11) is 0. The maximum absolute atomic E-state index is 5.99. The molecule has 0 heterocycles. The quantitative estimate of drug-likeness (QED) is 0.852. The van der Waals surface area contributed by atoms with Gasteiger partial charge in [-0.15, -0.1) is 0 Å². The molecule has 0 spiro atoms. The number of hydrogen-bond acceptors (Lipinski definition) is 1. The maximum Gasteiger partial charge on any atom is -0.00430 e. The van der Waals surface area contributed by atoms with Crippen LogP contribution in [-0.4, -0.2) is 6.54 Å². The van der Waals surface area contributed by atoms with Gasteiger partial charge in [-0.05, 0) is 62.0 Å². The van der Waals surface area contributed by atoms with Crippen molar-refractivity contribution in [3.8, 4) is 0 Å². The van der Waals surface area contributed by atoms with Crippen LogP contribution >= 0.6 is 0 Å². The molecule has 1 fully saturated rings. The number of benzene rings is 1. The van der Waals surface area contributed by atoms with E-state index in [-0.39, 0.29) is 0 Å². The molecule has 0 aromatic heterocycles. The monoisotopic (exact) mass is 245 g/mol. The van der Waals surface area contributed by atoms with E-state index in [0.29, 0.717) is 11.8 Å². The van der Waals surface area contributed by atoms with Crippen LogP contribution in [-0.2, 0) is 0 Å². The van der Waals surface area contributed by atoms with Crippen LogP contribution in [0.1, 0.15) is 50.2 Å². The molecule has 1 saturated carbocycles. The summed E-state index contributed by atoms with van der Waals surface area (Å²) in [5.41, 5.74) is 8.87. The third-order valence-electron chi connectivity index (χ3n) is 4.75. The first-order chi connectivity index (χ1) is 8.61. The third kappa shape index (κ3) is 2.95. The summed E-state index contributed by atoms with van der Waals surface area (Å²) in [6, 6.07) is 9.03. The van der Waals surface area contributed by atoms with Gasteiger partial charge in [-0.3, -0.25) is 0 Å². The van der Waals surface area contributed by atoms with Crippen LogP contribution in [0.3, 0.4) is 0 Å². The fourth-order valence-electron chi connectivity index (χ4n) is 3.46. The second kappa shape index (κ2) is 5.88. The highest BCUT2D eigenvalue weighted by atomic mass is 14.6. The Bertz CT molecular complexity index is 383. The third-order valence-corrected chi connectivity index (χ3v) is 4.75. The normalized spacial score (nSPS) is 28.6. The van der Waals surface area contributed by atoms with E-state index in [1.807, 2.05) is 0 Å². The molecule has 1 aliphatic carbocycles. The van der Waals surface area contributed by atoms with Gasteiger partial charge in [0.2, 0.25) is 0 Å². The van der Waals surface area contributed by atoms with E-state index >= 15 is 0 Å². The minimum atomic E-state index is 0.677. The van der Waals surface area contributed by atoms with Crippen LogP contribution in [0.4, 0.5) is 0 Å². The van der Waals surface area contributed by atoms with Crippen LogP contribution in [0.15, 0.2) is 24.3 Å². The molecule has 1 nitrogen and oxygen atoms in total. The van der Waals surface area contributed by atoms with E-state index in [4.69, 9.17) is 5.73 Å². The Kier molecular flexibility index (Phi) is 4.45. The van der Waals surface area contributed by atoms with E-state index in [1.165, 1.54) is 30.4 Å². The van der Waals surface area contributed by atoms with Crippen molar-refractivity contribution in [2.24, 2.45) is 23.5 Å². The largest absolute Gasteiger partial charge is 0.330 e. The summed E-state index contributed by atoms with van der Waals surface area (Å²) >= 11 is 0. The van der Waals surface area contributed by atoms with Crippen molar-refractivity contribution in [2.75, 3.05) is 6.54 Å². The van der Waals surface area contributed by atoms with E-state index in [9.17, 15) is 0 Å². The van der Waals surface area contributed by atoms with Crippen molar-refractivity contribution < 1.29 is 0 Å². The molecule has 18 heavy (non-hydrogen) atoms.